The van der Waals surface area contributed by atoms with Crippen molar-refractivity contribution in [1.82, 2.24) is 10.2 Å². The van der Waals surface area contributed by atoms with E-state index < -0.39 is 28.5 Å². The topological polar surface area (TPSA) is 86.8 Å². The number of carbonyl (C=O) groups is 2. The predicted octanol–water partition coefficient (Wildman–Crippen LogP) is 2.66. The van der Waals surface area contributed by atoms with Crippen LogP contribution < -0.4 is 9.62 Å². The lowest BCUT2D eigenvalue weighted by atomic mass is 10.1. The third kappa shape index (κ3) is 6.21. The van der Waals surface area contributed by atoms with Gasteiger partial charge in [-0.25, -0.2) is 8.42 Å². The van der Waals surface area contributed by atoms with E-state index in [0.29, 0.717) is 6.54 Å². The second kappa shape index (κ2) is 10.4. The summed E-state index contributed by atoms with van der Waals surface area (Å²) in [6, 6.07) is 14.8. The molecule has 0 unspecified atom stereocenters. The van der Waals surface area contributed by atoms with Gasteiger partial charge < -0.3 is 10.2 Å². The first-order valence-corrected chi connectivity index (χ1v) is 11.7. The largest absolute Gasteiger partial charge is 0.355 e. The van der Waals surface area contributed by atoms with E-state index in [1.165, 1.54) is 11.0 Å². The van der Waals surface area contributed by atoms with Gasteiger partial charge in [-0.3, -0.25) is 13.9 Å². The summed E-state index contributed by atoms with van der Waals surface area (Å²) < 4.78 is 25.8. The highest BCUT2D eigenvalue weighted by Crippen LogP contribution is 2.27. The summed E-state index contributed by atoms with van der Waals surface area (Å²) in [6.45, 7) is 3.52. The Morgan fingerprint density at radius 1 is 1.07 bits per heavy atom. The van der Waals surface area contributed by atoms with Crippen molar-refractivity contribution in [3.63, 3.8) is 0 Å². The Balaban J connectivity index is 2.37. The number of nitrogens with one attached hydrogen (secondary N) is 1. The van der Waals surface area contributed by atoms with Gasteiger partial charge in [-0.05, 0) is 31.5 Å². The molecular weight excluding hydrogens is 426 g/mol. The maximum absolute atomic E-state index is 13.2. The number of para-hydroxylation sites is 1. The number of carbonyl (C=O) groups excluding carboxylic acids is 2. The summed E-state index contributed by atoms with van der Waals surface area (Å²) in [6.07, 6.45) is 1.01. The summed E-state index contributed by atoms with van der Waals surface area (Å²) >= 11 is 6.18. The fraction of sp³-hybridized carbons (Fsp3) is 0.333. The molecule has 162 valence electrons. The smallest absolute Gasteiger partial charge is 0.244 e. The number of hydrogen-bond donors (Lipinski definition) is 1. The van der Waals surface area contributed by atoms with E-state index in [4.69, 9.17) is 11.6 Å². The number of halogens is 1. The van der Waals surface area contributed by atoms with Crippen molar-refractivity contribution in [2.75, 3.05) is 23.7 Å². The van der Waals surface area contributed by atoms with Crippen molar-refractivity contribution in [3.05, 3.63) is 65.2 Å². The third-order valence-corrected chi connectivity index (χ3v) is 5.96. The van der Waals surface area contributed by atoms with Gasteiger partial charge in [0.15, 0.2) is 0 Å². The highest BCUT2D eigenvalue weighted by atomic mass is 35.5. The molecule has 0 spiro atoms. The van der Waals surface area contributed by atoms with Crippen molar-refractivity contribution in [3.8, 4) is 0 Å². The molecule has 0 radical (unpaired) electrons. The summed E-state index contributed by atoms with van der Waals surface area (Å²) in [5, 5.41) is 2.92. The highest BCUT2D eigenvalue weighted by molar-refractivity contribution is 7.92. The molecule has 2 rings (SSSR count). The zero-order chi connectivity index (χ0) is 22.3. The van der Waals surface area contributed by atoms with Crippen molar-refractivity contribution < 1.29 is 18.0 Å². The zero-order valence-electron chi connectivity index (χ0n) is 17.2. The molecule has 2 aromatic rings. The first-order chi connectivity index (χ1) is 14.1. The minimum atomic E-state index is -3.80. The lowest BCUT2D eigenvalue weighted by Gasteiger charge is -2.31. The Hall–Kier alpha value is -2.58. The van der Waals surface area contributed by atoms with E-state index in [9.17, 15) is 18.0 Å². The molecule has 2 amide bonds. The number of sulfonamides is 1. The number of nitrogens with zero attached hydrogens (tertiary/aromatic N) is 2. The number of anilines is 1. The number of likely N-dealkylation sites (N-methyl/N-ethyl adjacent to an activating group) is 1. The van der Waals surface area contributed by atoms with Crippen LogP contribution in [0.1, 0.15) is 19.4 Å². The van der Waals surface area contributed by atoms with Crippen LogP contribution in [0.2, 0.25) is 5.02 Å². The van der Waals surface area contributed by atoms with E-state index in [1.807, 2.05) is 30.3 Å². The SMILES string of the molecule is CCNC(=O)[C@@H](C)N(Cc1ccccc1)C(=O)CN(c1ccccc1Cl)S(C)(=O)=O. The molecular formula is C21H26ClN3O4S. The Morgan fingerprint density at radius 3 is 2.23 bits per heavy atom. The first-order valence-electron chi connectivity index (χ1n) is 9.48. The van der Waals surface area contributed by atoms with Crippen molar-refractivity contribution in [1.29, 1.82) is 0 Å². The summed E-state index contributed by atoms with van der Waals surface area (Å²) in [4.78, 5) is 27.0. The van der Waals surface area contributed by atoms with Gasteiger partial charge in [0.25, 0.3) is 0 Å². The number of amides is 2. The fourth-order valence-corrected chi connectivity index (χ4v) is 4.08. The molecule has 0 bridgehead atoms. The molecule has 2 aromatic carbocycles. The van der Waals surface area contributed by atoms with Gasteiger partial charge in [0.1, 0.15) is 12.6 Å². The maximum Gasteiger partial charge on any atom is 0.244 e. The van der Waals surface area contributed by atoms with Crippen LogP contribution >= 0.6 is 11.6 Å². The molecule has 0 aromatic heterocycles. The lowest BCUT2D eigenvalue weighted by Crippen LogP contribution is -2.51. The van der Waals surface area contributed by atoms with Crippen molar-refractivity contribution in [2.24, 2.45) is 0 Å². The van der Waals surface area contributed by atoms with Crippen molar-refractivity contribution in [2.45, 2.75) is 26.4 Å². The van der Waals surface area contributed by atoms with E-state index in [0.717, 1.165) is 16.1 Å². The third-order valence-electron chi connectivity index (χ3n) is 4.51. The van der Waals surface area contributed by atoms with Gasteiger partial charge >= 0.3 is 0 Å². The molecule has 0 saturated heterocycles. The number of hydrogen-bond acceptors (Lipinski definition) is 4. The van der Waals surface area contributed by atoms with Gasteiger partial charge in [-0.15, -0.1) is 0 Å². The Morgan fingerprint density at radius 2 is 1.67 bits per heavy atom. The number of benzene rings is 2. The molecule has 0 fully saturated rings. The molecule has 7 nitrogen and oxygen atoms in total. The van der Waals surface area contributed by atoms with Crippen molar-refractivity contribution >= 4 is 39.1 Å². The average Bonchev–Trinajstić information content (AvgIpc) is 2.70. The maximum atomic E-state index is 13.2. The first kappa shape index (κ1) is 23.7. The standard InChI is InChI=1S/C21H26ClN3O4S/c1-4-23-21(27)16(2)24(14-17-10-6-5-7-11-17)20(26)15-25(30(3,28)29)19-13-9-8-12-18(19)22/h5-13,16H,4,14-15H2,1-3H3,(H,23,27)/t16-/m1/s1. The van der Waals surface area contributed by atoms with Crippen LogP contribution in [0.3, 0.4) is 0 Å². The van der Waals surface area contributed by atoms with Crippen LogP contribution in [0.5, 0.6) is 0 Å². The minimum Gasteiger partial charge on any atom is -0.355 e. The zero-order valence-corrected chi connectivity index (χ0v) is 18.8. The summed E-state index contributed by atoms with van der Waals surface area (Å²) in [5.74, 6) is -0.826. The summed E-state index contributed by atoms with van der Waals surface area (Å²) in [5.41, 5.74) is 1.03. The van der Waals surface area contributed by atoms with E-state index in [1.54, 1.807) is 32.0 Å². The quantitative estimate of drug-likeness (QED) is 0.635. The summed E-state index contributed by atoms with van der Waals surface area (Å²) in [7, 11) is -3.80. The Bertz CT molecular complexity index is 983. The Kier molecular flexibility index (Phi) is 8.25. The fourth-order valence-electron chi connectivity index (χ4n) is 2.93. The molecule has 1 atom stereocenters. The molecule has 9 heteroatoms. The molecule has 1 N–H and O–H groups in total. The van der Waals surface area contributed by atoms with Crippen LogP contribution in [0, 0.1) is 0 Å². The van der Waals surface area contributed by atoms with E-state index >= 15 is 0 Å². The highest BCUT2D eigenvalue weighted by Gasteiger charge is 2.30. The van der Waals surface area contributed by atoms with E-state index in [2.05, 4.69) is 5.32 Å². The van der Waals surface area contributed by atoms with Gasteiger partial charge in [0.2, 0.25) is 21.8 Å². The molecule has 0 saturated carbocycles. The van der Waals surface area contributed by atoms with E-state index in [-0.39, 0.29) is 23.2 Å². The van der Waals surface area contributed by atoms with Crippen LogP contribution in [-0.4, -0.2) is 50.5 Å². The lowest BCUT2D eigenvalue weighted by molar-refractivity contribution is -0.139. The van der Waals surface area contributed by atoms with Gasteiger partial charge in [-0.1, -0.05) is 54.1 Å². The van der Waals surface area contributed by atoms with Crippen LogP contribution in [-0.2, 0) is 26.2 Å². The van der Waals surface area contributed by atoms with Gasteiger partial charge in [0.05, 0.1) is 17.0 Å². The van der Waals surface area contributed by atoms with Crippen LogP contribution in [0.15, 0.2) is 54.6 Å². The second-order valence-corrected chi connectivity index (χ2v) is 9.11. The molecule has 0 aliphatic rings. The van der Waals surface area contributed by atoms with Crippen LogP contribution in [0.25, 0.3) is 0 Å². The number of rotatable bonds is 9. The predicted molar refractivity (Wildman–Crippen MR) is 119 cm³/mol. The minimum absolute atomic E-state index is 0.165. The Labute approximate surface area is 182 Å². The van der Waals surface area contributed by atoms with Gasteiger partial charge in [-0.2, -0.15) is 0 Å². The second-order valence-electron chi connectivity index (χ2n) is 6.80. The van der Waals surface area contributed by atoms with Gasteiger partial charge in [0, 0.05) is 13.1 Å². The van der Waals surface area contributed by atoms with Crippen LogP contribution in [0.4, 0.5) is 5.69 Å². The molecule has 30 heavy (non-hydrogen) atoms. The normalized spacial score (nSPS) is 12.1. The average molecular weight is 452 g/mol. The molecule has 0 aliphatic heterocycles. The monoisotopic (exact) mass is 451 g/mol. The molecule has 0 aliphatic carbocycles. The molecule has 0 heterocycles.